The van der Waals surface area contributed by atoms with E-state index in [1.807, 2.05) is 13.8 Å². The summed E-state index contributed by atoms with van der Waals surface area (Å²) in [6.07, 6.45) is 0.239. The largest absolute Gasteiger partial charge is 0.487 e. The van der Waals surface area contributed by atoms with E-state index in [4.69, 9.17) is 25.9 Å². The first kappa shape index (κ1) is 17.9. The summed E-state index contributed by atoms with van der Waals surface area (Å²) in [4.78, 5) is 23.5. The predicted molar refractivity (Wildman–Crippen MR) is 90.2 cm³/mol. The monoisotopic (exact) mass is 351 g/mol. The molecule has 2 rings (SSSR count). The minimum Gasteiger partial charge on any atom is -0.487 e. The first-order chi connectivity index (χ1) is 11.3. The maximum Gasteiger partial charge on any atom is 0.339 e. The number of carboxylic acids is 1. The smallest absolute Gasteiger partial charge is 0.339 e. The number of carboxylic acid groups (broad SMARTS) is 1. The number of carbonyl (C=O) groups is 2. The van der Waals surface area contributed by atoms with Gasteiger partial charge in [-0.25, -0.2) is 4.79 Å². The Balaban J connectivity index is 2.30. The van der Waals surface area contributed by atoms with Crippen molar-refractivity contribution in [3.63, 3.8) is 0 Å². The van der Waals surface area contributed by atoms with Crippen molar-refractivity contribution < 1.29 is 23.8 Å². The molecule has 1 aromatic carbocycles. The van der Waals surface area contributed by atoms with E-state index in [1.165, 1.54) is 6.07 Å². The molecule has 0 unspecified atom stereocenters. The van der Waals surface area contributed by atoms with Crippen molar-refractivity contribution in [2.75, 3.05) is 5.32 Å². The number of nitrogens with one attached hydrogen (secondary N) is 1. The number of rotatable bonds is 6. The first-order valence-corrected chi connectivity index (χ1v) is 7.83. The van der Waals surface area contributed by atoms with E-state index < -0.39 is 11.9 Å². The van der Waals surface area contributed by atoms with Crippen LogP contribution < -0.4 is 10.1 Å². The minimum absolute atomic E-state index is 0.0209. The summed E-state index contributed by atoms with van der Waals surface area (Å²) in [7, 11) is 0. The number of anilines is 1. The Bertz CT molecular complexity index is 766. The molecular formula is C17H18ClNO5. The zero-order valence-electron chi connectivity index (χ0n) is 13.6. The van der Waals surface area contributed by atoms with E-state index in [9.17, 15) is 9.59 Å². The Labute approximate surface area is 144 Å². The molecule has 0 atom stereocenters. The molecule has 0 bridgehead atoms. The Morgan fingerprint density at radius 2 is 2.08 bits per heavy atom. The number of hydrogen-bond donors (Lipinski definition) is 2. The Morgan fingerprint density at radius 3 is 2.62 bits per heavy atom. The third-order valence-electron chi connectivity index (χ3n) is 3.15. The van der Waals surface area contributed by atoms with Crippen LogP contribution in [0.5, 0.6) is 5.75 Å². The predicted octanol–water partition coefficient (Wildman–Crippen LogP) is 4.23. The number of hydrogen-bond acceptors (Lipinski definition) is 4. The van der Waals surface area contributed by atoms with Gasteiger partial charge in [0, 0.05) is 12.5 Å². The van der Waals surface area contributed by atoms with Gasteiger partial charge in [-0.15, -0.1) is 0 Å². The molecule has 1 aromatic heterocycles. The fraction of sp³-hybridized carbons (Fsp3) is 0.294. The highest BCUT2D eigenvalue weighted by Gasteiger charge is 2.21. The number of benzene rings is 1. The van der Waals surface area contributed by atoms with E-state index >= 15 is 0 Å². The number of halogens is 1. The normalized spacial score (nSPS) is 10.7. The average Bonchev–Trinajstić information content (AvgIpc) is 2.95. The Hall–Kier alpha value is -2.47. The second-order valence-corrected chi connectivity index (χ2v) is 5.75. The molecule has 2 N–H and O–H groups in total. The lowest BCUT2D eigenvalue weighted by Gasteiger charge is -2.15. The van der Waals surface area contributed by atoms with E-state index in [-0.39, 0.29) is 23.2 Å². The number of aromatic carboxylic acids is 1. The zero-order valence-corrected chi connectivity index (χ0v) is 14.3. The van der Waals surface area contributed by atoms with Gasteiger partial charge in [0.25, 0.3) is 5.91 Å². The molecule has 0 radical (unpaired) electrons. The zero-order chi connectivity index (χ0) is 17.9. The number of para-hydroxylation sites is 1. The standard InChI is InChI=1S/C17H18ClNO5/c1-4-13-10(17(21)22)8-14(24-13)16(20)19-12-7-5-6-11(18)15(12)23-9(2)3/h5-9H,4H2,1-3H3,(H,19,20)(H,21,22). The lowest BCUT2D eigenvalue weighted by Crippen LogP contribution is -2.14. The lowest BCUT2D eigenvalue weighted by molar-refractivity contribution is 0.0694. The SMILES string of the molecule is CCc1oc(C(=O)Nc2cccc(Cl)c2OC(C)C)cc1C(=O)O. The van der Waals surface area contributed by atoms with Crippen molar-refractivity contribution in [3.8, 4) is 5.75 Å². The number of furan rings is 1. The van der Waals surface area contributed by atoms with Gasteiger partial charge in [-0.2, -0.15) is 0 Å². The van der Waals surface area contributed by atoms with Crippen molar-refractivity contribution in [1.82, 2.24) is 0 Å². The quantitative estimate of drug-likeness (QED) is 0.812. The number of amides is 1. The van der Waals surface area contributed by atoms with Crippen molar-refractivity contribution in [1.29, 1.82) is 0 Å². The number of aryl methyl sites for hydroxylation is 1. The number of ether oxygens (including phenoxy) is 1. The van der Waals surface area contributed by atoms with Crippen LogP contribution in [-0.2, 0) is 6.42 Å². The van der Waals surface area contributed by atoms with Crippen molar-refractivity contribution >= 4 is 29.2 Å². The van der Waals surface area contributed by atoms with Crippen LogP contribution in [0.1, 0.15) is 47.4 Å². The van der Waals surface area contributed by atoms with Crippen molar-refractivity contribution in [2.24, 2.45) is 0 Å². The maximum absolute atomic E-state index is 12.4. The van der Waals surface area contributed by atoms with Gasteiger partial charge in [-0.05, 0) is 26.0 Å². The van der Waals surface area contributed by atoms with Crippen LogP contribution in [0.15, 0.2) is 28.7 Å². The molecule has 0 fully saturated rings. The van der Waals surface area contributed by atoms with Crippen LogP contribution in [-0.4, -0.2) is 23.1 Å². The molecule has 0 spiro atoms. The number of carbonyl (C=O) groups excluding carboxylic acids is 1. The lowest BCUT2D eigenvalue weighted by atomic mass is 10.2. The second kappa shape index (κ2) is 7.40. The fourth-order valence-corrected chi connectivity index (χ4v) is 2.35. The first-order valence-electron chi connectivity index (χ1n) is 7.46. The highest BCUT2D eigenvalue weighted by Crippen LogP contribution is 2.34. The van der Waals surface area contributed by atoms with Crippen LogP contribution >= 0.6 is 11.6 Å². The van der Waals surface area contributed by atoms with Gasteiger partial charge in [0.1, 0.15) is 11.3 Å². The van der Waals surface area contributed by atoms with Crippen LogP contribution in [0.3, 0.4) is 0 Å². The Kier molecular flexibility index (Phi) is 5.51. The third kappa shape index (κ3) is 3.89. The molecule has 0 aliphatic heterocycles. The van der Waals surface area contributed by atoms with Gasteiger partial charge in [0.15, 0.2) is 11.5 Å². The average molecular weight is 352 g/mol. The maximum atomic E-state index is 12.4. The van der Waals surface area contributed by atoms with Crippen LogP contribution in [0.25, 0.3) is 0 Å². The Morgan fingerprint density at radius 1 is 1.38 bits per heavy atom. The van der Waals surface area contributed by atoms with Crippen molar-refractivity contribution in [3.05, 3.63) is 46.4 Å². The summed E-state index contributed by atoms with van der Waals surface area (Å²) < 4.78 is 11.0. The highest BCUT2D eigenvalue weighted by molar-refractivity contribution is 6.32. The topological polar surface area (TPSA) is 88.8 Å². The van der Waals surface area contributed by atoms with Crippen LogP contribution in [0.2, 0.25) is 5.02 Å². The molecule has 0 aliphatic carbocycles. The summed E-state index contributed by atoms with van der Waals surface area (Å²) in [6.45, 7) is 5.43. The summed E-state index contributed by atoms with van der Waals surface area (Å²) in [5.74, 6) is -1.20. The molecule has 1 amide bonds. The summed E-state index contributed by atoms with van der Waals surface area (Å²) in [5, 5.41) is 12.1. The van der Waals surface area contributed by atoms with Crippen molar-refractivity contribution in [2.45, 2.75) is 33.3 Å². The molecule has 24 heavy (non-hydrogen) atoms. The van der Waals surface area contributed by atoms with Gasteiger partial charge in [-0.1, -0.05) is 24.6 Å². The van der Waals surface area contributed by atoms with E-state index in [0.29, 0.717) is 22.9 Å². The molecule has 6 nitrogen and oxygen atoms in total. The summed E-state index contributed by atoms with van der Waals surface area (Å²) >= 11 is 6.12. The molecule has 2 aromatic rings. The molecule has 0 saturated heterocycles. The van der Waals surface area contributed by atoms with Gasteiger partial charge in [-0.3, -0.25) is 4.79 Å². The summed E-state index contributed by atoms with van der Waals surface area (Å²) in [6, 6.07) is 6.18. The van der Waals surface area contributed by atoms with Gasteiger partial charge < -0.3 is 19.6 Å². The summed E-state index contributed by atoms with van der Waals surface area (Å²) in [5.41, 5.74) is 0.361. The molecule has 128 valence electrons. The van der Waals surface area contributed by atoms with Gasteiger partial charge >= 0.3 is 5.97 Å². The van der Waals surface area contributed by atoms with E-state index in [0.717, 1.165) is 0 Å². The molecule has 7 heteroatoms. The third-order valence-corrected chi connectivity index (χ3v) is 3.45. The van der Waals surface area contributed by atoms with E-state index in [2.05, 4.69) is 5.32 Å². The van der Waals surface area contributed by atoms with Crippen LogP contribution in [0, 0.1) is 0 Å². The van der Waals surface area contributed by atoms with Crippen LogP contribution in [0.4, 0.5) is 5.69 Å². The van der Waals surface area contributed by atoms with Gasteiger partial charge in [0.05, 0.1) is 16.8 Å². The molecule has 0 aliphatic rings. The fourth-order valence-electron chi connectivity index (χ4n) is 2.13. The highest BCUT2D eigenvalue weighted by atomic mass is 35.5. The van der Waals surface area contributed by atoms with E-state index in [1.54, 1.807) is 25.1 Å². The molecule has 0 saturated carbocycles. The van der Waals surface area contributed by atoms with Gasteiger partial charge in [0.2, 0.25) is 0 Å². The second-order valence-electron chi connectivity index (χ2n) is 5.34. The molecule has 1 heterocycles. The minimum atomic E-state index is -1.14. The molecular weight excluding hydrogens is 334 g/mol.